The van der Waals surface area contributed by atoms with Gasteiger partial charge in [-0.05, 0) is 56.0 Å². The lowest BCUT2D eigenvalue weighted by atomic mass is 10.0. The standard InChI is InChI=1S/C25H26ClN7O2/c1-15(26)24(34)32-10-3-5-22(32)25(35)31-11-7-16(14-31)20-12-18-17(6-9-27-23(18)30-20)19-13-29-33-21(19)4-2-8-28-33/h2,4,6,8-9,12-13,15-16,22H,3,5,7,10-11,14H2,1H3,(H,27,30)/t15?,16?,22-/m1/s1. The largest absolute Gasteiger partial charge is 0.343 e. The molecule has 0 aliphatic carbocycles. The number of H-pyrrole nitrogens is 1. The molecule has 0 saturated carbocycles. The SMILES string of the molecule is CC(Cl)C(=O)N1CCC[C@@H]1C(=O)N1CCC(c2cc3c(-c4cnn5ncccc45)ccnc3[nH]2)C1. The molecule has 2 amide bonds. The average molecular weight is 492 g/mol. The van der Waals surface area contributed by atoms with Crippen molar-refractivity contribution in [3.05, 3.63) is 48.5 Å². The van der Waals surface area contributed by atoms with Gasteiger partial charge < -0.3 is 14.8 Å². The van der Waals surface area contributed by atoms with Crippen LogP contribution in [0.15, 0.2) is 42.9 Å². The molecular weight excluding hydrogens is 466 g/mol. The van der Waals surface area contributed by atoms with Gasteiger partial charge in [0.15, 0.2) is 0 Å². The van der Waals surface area contributed by atoms with E-state index >= 15 is 0 Å². The molecular formula is C25H26ClN7O2. The van der Waals surface area contributed by atoms with E-state index in [1.54, 1.807) is 28.8 Å². The second kappa shape index (κ2) is 8.64. The number of alkyl halides is 1. The van der Waals surface area contributed by atoms with Gasteiger partial charge in [-0.1, -0.05) is 0 Å². The Morgan fingerprint density at radius 1 is 1.14 bits per heavy atom. The van der Waals surface area contributed by atoms with E-state index in [-0.39, 0.29) is 17.7 Å². The topological polar surface area (TPSA) is 99.5 Å². The lowest BCUT2D eigenvalue weighted by Crippen LogP contribution is -2.48. The number of fused-ring (bicyclic) bond motifs is 2. The summed E-state index contributed by atoms with van der Waals surface area (Å²) in [4.78, 5) is 37.4. The summed E-state index contributed by atoms with van der Waals surface area (Å²) in [6.45, 7) is 3.56. The van der Waals surface area contributed by atoms with E-state index < -0.39 is 11.4 Å². The normalized spacial score (nSPS) is 21.3. The molecule has 0 bridgehead atoms. The van der Waals surface area contributed by atoms with Crippen molar-refractivity contribution in [1.82, 2.24) is 34.6 Å². The Kier molecular flexibility index (Phi) is 5.44. The first kappa shape index (κ1) is 22.0. The van der Waals surface area contributed by atoms with Crippen LogP contribution in [-0.4, -0.2) is 77.5 Å². The van der Waals surface area contributed by atoms with E-state index in [1.807, 2.05) is 29.3 Å². The van der Waals surface area contributed by atoms with E-state index in [0.717, 1.165) is 46.2 Å². The number of rotatable bonds is 4. The van der Waals surface area contributed by atoms with Crippen LogP contribution in [0.4, 0.5) is 0 Å². The predicted octanol–water partition coefficient (Wildman–Crippen LogP) is 3.21. The maximum atomic E-state index is 13.3. The first-order chi connectivity index (χ1) is 17.0. The van der Waals surface area contributed by atoms with Crippen molar-refractivity contribution in [1.29, 1.82) is 0 Å². The van der Waals surface area contributed by atoms with Crippen molar-refractivity contribution in [3.63, 3.8) is 0 Å². The summed E-state index contributed by atoms with van der Waals surface area (Å²) in [6, 6.07) is 7.65. The van der Waals surface area contributed by atoms with Crippen LogP contribution in [0.5, 0.6) is 0 Å². The minimum atomic E-state index is -0.619. The van der Waals surface area contributed by atoms with E-state index in [9.17, 15) is 9.59 Å². The van der Waals surface area contributed by atoms with Crippen molar-refractivity contribution >= 4 is 40.0 Å². The van der Waals surface area contributed by atoms with Crippen molar-refractivity contribution in [2.45, 2.75) is 43.5 Å². The average Bonchev–Trinajstić information content (AvgIpc) is 3.66. The quantitative estimate of drug-likeness (QED) is 0.442. The number of likely N-dealkylation sites (tertiary alicyclic amines) is 2. The monoisotopic (exact) mass is 491 g/mol. The Balaban J connectivity index is 1.25. The highest BCUT2D eigenvalue weighted by molar-refractivity contribution is 6.30. The van der Waals surface area contributed by atoms with Crippen LogP contribution in [0.3, 0.4) is 0 Å². The lowest BCUT2D eigenvalue weighted by Gasteiger charge is -2.28. The molecule has 2 aliphatic rings. The van der Waals surface area contributed by atoms with Gasteiger partial charge in [0.1, 0.15) is 17.1 Å². The molecule has 2 fully saturated rings. The second-order valence-corrected chi connectivity index (χ2v) is 10.0. The molecule has 4 aromatic rings. The Bertz CT molecular complexity index is 1430. The Labute approximate surface area is 207 Å². The zero-order valence-corrected chi connectivity index (χ0v) is 20.1. The van der Waals surface area contributed by atoms with Crippen molar-refractivity contribution in [2.24, 2.45) is 0 Å². The third kappa shape index (κ3) is 3.74. The highest BCUT2D eigenvalue weighted by Crippen LogP contribution is 2.35. The highest BCUT2D eigenvalue weighted by Gasteiger charge is 2.40. The van der Waals surface area contributed by atoms with Crippen LogP contribution in [0, 0.1) is 0 Å². The lowest BCUT2D eigenvalue weighted by molar-refractivity contribution is -0.142. The Morgan fingerprint density at radius 3 is 2.89 bits per heavy atom. The van der Waals surface area contributed by atoms with E-state index in [0.29, 0.717) is 26.1 Å². The smallest absolute Gasteiger partial charge is 0.245 e. The Morgan fingerprint density at radius 2 is 2.03 bits per heavy atom. The van der Waals surface area contributed by atoms with Crippen LogP contribution >= 0.6 is 11.6 Å². The molecule has 6 heterocycles. The molecule has 2 saturated heterocycles. The molecule has 4 aromatic heterocycles. The van der Waals surface area contributed by atoms with E-state index in [4.69, 9.17) is 11.6 Å². The van der Waals surface area contributed by atoms with Gasteiger partial charge in [-0.25, -0.2) is 4.98 Å². The second-order valence-electron chi connectivity index (χ2n) is 9.38. The minimum Gasteiger partial charge on any atom is -0.343 e. The number of nitrogens with one attached hydrogen (secondary N) is 1. The van der Waals surface area contributed by atoms with E-state index in [2.05, 4.69) is 26.2 Å². The predicted molar refractivity (Wildman–Crippen MR) is 132 cm³/mol. The van der Waals surface area contributed by atoms with Crippen molar-refractivity contribution < 1.29 is 9.59 Å². The third-order valence-corrected chi connectivity index (χ3v) is 7.43. The summed E-state index contributed by atoms with van der Waals surface area (Å²) in [7, 11) is 0. The van der Waals surface area contributed by atoms with Gasteiger partial charge in [0.2, 0.25) is 11.8 Å². The van der Waals surface area contributed by atoms with Gasteiger partial charge in [0.05, 0.1) is 11.7 Å². The van der Waals surface area contributed by atoms with E-state index in [1.165, 1.54) is 0 Å². The summed E-state index contributed by atoms with van der Waals surface area (Å²) in [5.74, 6) is 0.0592. The van der Waals surface area contributed by atoms with Gasteiger partial charge in [-0.15, -0.1) is 11.6 Å². The number of nitrogens with zero attached hydrogens (tertiary/aromatic N) is 6. The summed E-state index contributed by atoms with van der Waals surface area (Å²) in [5.41, 5.74) is 4.86. The van der Waals surface area contributed by atoms with Crippen molar-refractivity contribution in [2.75, 3.05) is 19.6 Å². The number of halogens is 1. The summed E-state index contributed by atoms with van der Waals surface area (Å²) in [5, 5.41) is 9.05. The van der Waals surface area contributed by atoms with Gasteiger partial charge in [0.25, 0.3) is 0 Å². The summed E-state index contributed by atoms with van der Waals surface area (Å²) in [6.07, 6.45) is 7.73. The number of aromatic amines is 1. The number of aromatic nitrogens is 5. The number of carbonyl (C=O) groups is 2. The first-order valence-corrected chi connectivity index (χ1v) is 12.5. The fourth-order valence-corrected chi connectivity index (χ4v) is 5.61. The number of amides is 2. The molecule has 10 heteroatoms. The van der Waals surface area contributed by atoms with Gasteiger partial charge in [-0.2, -0.15) is 14.8 Å². The third-order valence-electron chi connectivity index (χ3n) is 7.25. The molecule has 2 aliphatic heterocycles. The van der Waals surface area contributed by atoms with Crippen LogP contribution < -0.4 is 0 Å². The molecule has 3 atom stereocenters. The van der Waals surface area contributed by atoms with Crippen molar-refractivity contribution in [3.8, 4) is 11.1 Å². The maximum Gasteiger partial charge on any atom is 0.245 e. The van der Waals surface area contributed by atoms with Crippen LogP contribution in [0.25, 0.3) is 27.7 Å². The molecule has 6 rings (SSSR count). The fraction of sp³-hybridized carbons (Fsp3) is 0.400. The van der Waals surface area contributed by atoms with Crippen LogP contribution in [0.2, 0.25) is 0 Å². The number of hydrogen-bond donors (Lipinski definition) is 1. The molecule has 180 valence electrons. The molecule has 1 N–H and O–H groups in total. The van der Waals surface area contributed by atoms with Crippen LogP contribution in [-0.2, 0) is 9.59 Å². The number of pyridine rings is 1. The zero-order valence-electron chi connectivity index (χ0n) is 19.4. The molecule has 0 aromatic carbocycles. The van der Waals surface area contributed by atoms with Gasteiger partial charge in [0, 0.05) is 54.6 Å². The number of carbonyl (C=O) groups excluding carboxylic acids is 2. The maximum absolute atomic E-state index is 13.3. The highest BCUT2D eigenvalue weighted by atomic mass is 35.5. The fourth-order valence-electron chi connectivity index (χ4n) is 5.48. The zero-order chi connectivity index (χ0) is 24.1. The molecule has 2 unspecified atom stereocenters. The number of hydrogen-bond acceptors (Lipinski definition) is 5. The molecule has 35 heavy (non-hydrogen) atoms. The summed E-state index contributed by atoms with van der Waals surface area (Å²) < 4.78 is 1.62. The van der Waals surface area contributed by atoms with Gasteiger partial charge in [-0.3, -0.25) is 9.59 Å². The summed E-state index contributed by atoms with van der Waals surface area (Å²) >= 11 is 6.03. The minimum absolute atomic E-state index is 0.0319. The Hall–Kier alpha value is -3.46. The molecule has 9 nitrogen and oxygen atoms in total. The van der Waals surface area contributed by atoms with Crippen LogP contribution in [0.1, 0.15) is 37.8 Å². The molecule has 0 radical (unpaired) electrons. The first-order valence-electron chi connectivity index (χ1n) is 12.0. The van der Waals surface area contributed by atoms with Gasteiger partial charge >= 0.3 is 0 Å². The molecule has 0 spiro atoms.